The Morgan fingerprint density at radius 1 is 1.00 bits per heavy atom. The Kier molecular flexibility index (Phi) is 3.90. The largest absolute Gasteiger partial charge is 0.378 e. The van der Waals surface area contributed by atoms with Crippen LogP contribution in [0.2, 0.25) is 0 Å². The molecule has 2 aromatic carbocycles. The predicted octanol–water partition coefficient (Wildman–Crippen LogP) is 2.88. The van der Waals surface area contributed by atoms with Crippen molar-refractivity contribution in [3.05, 3.63) is 59.2 Å². The Morgan fingerprint density at radius 3 is 2.05 bits per heavy atom. The summed E-state index contributed by atoms with van der Waals surface area (Å²) in [6.07, 6.45) is 0.718. The summed E-state index contributed by atoms with van der Waals surface area (Å²) in [4.78, 5) is 10.9. The standard InChI is InChI=1S/C15H14O4S/c1-11-8-13(10-16)9-12(2)15(11)19-20(17,18)14-6-4-3-5-7-14/h3-10H,1-2H3. The van der Waals surface area contributed by atoms with Crippen molar-refractivity contribution in [1.29, 1.82) is 0 Å². The quantitative estimate of drug-likeness (QED) is 0.641. The van der Waals surface area contributed by atoms with Crippen LogP contribution in [0.1, 0.15) is 21.5 Å². The molecular formula is C15H14O4S. The summed E-state index contributed by atoms with van der Waals surface area (Å²) >= 11 is 0. The summed E-state index contributed by atoms with van der Waals surface area (Å²) in [5.74, 6) is 0.263. The van der Waals surface area contributed by atoms with Crippen LogP contribution in [0.4, 0.5) is 0 Å². The van der Waals surface area contributed by atoms with Crippen molar-refractivity contribution < 1.29 is 17.4 Å². The first-order chi connectivity index (χ1) is 9.44. The van der Waals surface area contributed by atoms with Crippen molar-refractivity contribution in [2.24, 2.45) is 0 Å². The lowest BCUT2D eigenvalue weighted by Crippen LogP contribution is -2.11. The van der Waals surface area contributed by atoms with Gasteiger partial charge in [0.2, 0.25) is 0 Å². The van der Waals surface area contributed by atoms with Gasteiger partial charge < -0.3 is 4.18 Å². The first-order valence-electron chi connectivity index (χ1n) is 6.00. The highest BCUT2D eigenvalue weighted by Gasteiger charge is 2.19. The minimum atomic E-state index is -3.87. The number of hydrogen-bond acceptors (Lipinski definition) is 4. The van der Waals surface area contributed by atoms with E-state index >= 15 is 0 Å². The summed E-state index contributed by atoms with van der Waals surface area (Å²) < 4.78 is 29.5. The van der Waals surface area contributed by atoms with E-state index in [4.69, 9.17) is 4.18 Å². The third-order valence-corrected chi connectivity index (χ3v) is 4.08. The summed E-state index contributed by atoms with van der Waals surface area (Å²) in [5, 5.41) is 0. The molecule has 4 nitrogen and oxygen atoms in total. The van der Waals surface area contributed by atoms with E-state index in [-0.39, 0.29) is 10.6 Å². The lowest BCUT2D eigenvalue weighted by atomic mass is 10.1. The molecule has 5 heteroatoms. The molecule has 0 saturated heterocycles. The molecule has 0 amide bonds. The number of aryl methyl sites for hydroxylation is 2. The first-order valence-corrected chi connectivity index (χ1v) is 7.41. The zero-order chi connectivity index (χ0) is 14.8. The van der Waals surface area contributed by atoms with Gasteiger partial charge in [-0.1, -0.05) is 18.2 Å². The third kappa shape index (κ3) is 2.88. The monoisotopic (exact) mass is 290 g/mol. The van der Waals surface area contributed by atoms with Crippen molar-refractivity contribution in [2.45, 2.75) is 18.7 Å². The molecule has 0 atom stereocenters. The summed E-state index contributed by atoms with van der Waals surface area (Å²) in [7, 11) is -3.87. The summed E-state index contributed by atoms with van der Waals surface area (Å²) in [5.41, 5.74) is 1.70. The topological polar surface area (TPSA) is 60.4 Å². The van der Waals surface area contributed by atoms with E-state index in [1.807, 2.05) is 0 Å². The molecule has 0 N–H and O–H groups in total. The van der Waals surface area contributed by atoms with Gasteiger partial charge in [0.25, 0.3) is 0 Å². The van der Waals surface area contributed by atoms with E-state index in [0.29, 0.717) is 16.7 Å². The van der Waals surface area contributed by atoms with Gasteiger partial charge in [-0.2, -0.15) is 8.42 Å². The van der Waals surface area contributed by atoms with Crippen LogP contribution >= 0.6 is 0 Å². The Morgan fingerprint density at radius 2 is 1.55 bits per heavy atom. The van der Waals surface area contributed by atoms with Crippen molar-refractivity contribution in [2.75, 3.05) is 0 Å². The smallest absolute Gasteiger partial charge is 0.339 e. The van der Waals surface area contributed by atoms with E-state index in [0.717, 1.165) is 6.29 Å². The summed E-state index contributed by atoms with van der Waals surface area (Å²) in [6.45, 7) is 3.41. The second-order valence-corrected chi connectivity index (χ2v) is 6.00. The molecule has 0 aliphatic heterocycles. The zero-order valence-corrected chi connectivity index (χ0v) is 12.0. The Bertz CT molecular complexity index is 711. The van der Waals surface area contributed by atoms with Gasteiger partial charge in [0.1, 0.15) is 16.9 Å². The molecule has 0 spiro atoms. The molecular weight excluding hydrogens is 276 g/mol. The highest BCUT2D eigenvalue weighted by atomic mass is 32.2. The lowest BCUT2D eigenvalue weighted by molar-refractivity contribution is 0.112. The lowest BCUT2D eigenvalue weighted by Gasteiger charge is -2.12. The minimum absolute atomic E-state index is 0.0956. The average molecular weight is 290 g/mol. The fraction of sp³-hybridized carbons (Fsp3) is 0.133. The summed E-state index contributed by atoms with van der Waals surface area (Å²) in [6, 6.07) is 11.1. The van der Waals surface area contributed by atoms with Gasteiger partial charge in [0, 0.05) is 5.56 Å². The van der Waals surface area contributed by atoms with Crippen LogP contribution in [0.15, 0.2) is 47.4 Å². The van der Waals surface area contributed by atoms with Crippen LogP contribution in [0, 0.1) is 13.8 Å². The maximum atomic E-state index is 12.2. The van der Waals surface area contributed by atoms with Crippen LogP contribution < -0.4 is 4.18 Å². The Labute approximate surface area is 118 Å². The van der Waals surface area contributed by atoms with E-state index < -0.39 is 10.1 Å². The maximum absolute atomic E-state index is 12.2. The minimum Gasteiger partial charge on any atom is -0.378 e. The van der Waals surface area contributed by atoms with E-state index in [1.54, 1.807) is 44.2 Å². The van der Waals surface area contributed by atoms with Gasteiger partial charge in [-0.05, 0) is 49.2 Å². The van der Waals surface area contributed by atoms with Crippen molar-refractivity contribution in [3.8, 4) is 5.75 Å². The fourth-order valence-corrected chi connectivity index (χ4v) is 3.00. The number of carbonyl (C=O) groups excluding carboxylic acids is 1. The van der Waals surface area contributed by atoms with Crippen molar-refractivity contribution in [3.63, 3.8) is 0 Å². The zero-order valence-electron chi connectivity index (χ0n) is 11.2. The molecule has 0 radical (unpaired) electrons. The van der Waals surface area contributed by atoms with Gasteiger partial charge >= 0.3 is 10.1 Å². The molecule has 20 heavy (non-hydrogen) atoms. The molecule has 0 heterocycles. The number of benzene rings is 2. The molecule has 104 valence electrons. The molecule has 0 unspecified atom stereocenters. The van der Waals surface area contributed by atoms with Gasteiger partial charge in [-0.15, -0.1) is 0 Å². The highest BCUT2D eigenvalue weighted by molar-refractivity contribution is 7.87. The van der Waals surface area contributed by atoms with Gasteiger partial charge in [-0.3, -0.25) is 4.79 Å². The van der Waals surface area contributed by atoms with Crippen LogP contribution in [0.25, 0.3) is 0 Å². The fourth-order valence-electron chi connectivity index (χ4n) is 1.93. The van der Waals surface area contributed by atoms with Gasteiger partial charge in [0.05, 0.1) is 0 Å². The van der Waals surface area contributed by atoms with Crippen molar-refractivity contribution in [1.82, 2.24) is 0 Å². The molecule has 0 bridgehead atoms. The molecule has 0 aliphatic carbocycles. The van der Waals surface area contributed by atoms with Gasteiger partial charge in [-0.25, -0.2) is 0 Å². The Balaban J connectivity index is 2.43. The van der Waals surface area contributed by atoms with E-state index in [2.05, 4.69) is 0 Å². The van der Waals surface area contributed by atoms with Crippen LogP contribution in [0.3, 0.4) is 0 Å². The molecule has 2 rings (SSSR count). The SMILES string of the molecule is Cc1cc(C=O)cc(C)c1OS(=O)(=O)c1ccccc1. The second-order valence-electron chi connectivity index (χ2n) is 4.45. The molecule has 0 saturated carbocycles. The molecule has 2 aromatic rings. The average Bonchev–Trinajstić information content (AvgIpc) is 2.43. The van der Waals surface area contributed by atoms with Crippen molar-refractivity contribution >= 4 is 16.4 Å². The van der Waals surface area contributed by atoms with Crippen LogP contribution in [0.5, 0.6) is 5.75 Å². The molecule has 0 aromatic heterocycles. The Hall–Kier alpha value is -2.14. The number of carbonyl (C=O) groups is 1. The third-order valence-electron chi connectivity index (χ3n) is 2.84. The van der Waals surface area contributed by atoms with Crippen LogP contribution in [-0.2, 0) is 10.1 Å². The molecule has 0 aliphatic rings. The number of rotatable bonds is 4. The number of hydrogen-bond donors (Lipinski definition) is 0. The number of aldehydes is 1. The van der Waals surface area contributed by atoms with Gasteiger partial charge in [0.15, 0.2) is 0 Å². The highest BCUT2D eigenvalue weighted by Crippen LogP contribution is 2.27. The molecule has 0 fully saturated rings. The van der Waals surface area contributed by atoms with E-state index in [1.165, 1.54) is 12.1 Å². The predicted molar refractivity (Wildman–Crippen MR) is 75.6 cm³/mol. The first kappa shape index (κ1) is 14.3. The second kappa shape index (κ2) is 5.46. The maximum Gasteiger partial charge on any atom is 0.339 e. The van der Waals surface area contributed by atoms with E-state index in [9.17, 15) is 13.2 Å². The normalized spacial score (nSPS) is 11.1. The van der Waals surface area contributed by atoms with Crippen LogP contribution in [-0.4, -0.2) is 14.7 Å².